The predicted molar refractivity (Wildman–Crippen MR) is 64.0 cm³/mol. The van der Waals surface area contributed by atoms with Gasteiger partial charge in [0.25, 0.3) is 0 Å². The van der Waals surface area contributed by atoms with Crippen LogP contribution in [-0.4, -0.2) is 24.4 Å². The van der Waals surface area contributed by atoms with E-state index in [4.69, 9.17) is 10.5 Å². The molecule has 1 aliphatic rings. The van der Waals surface area contributed by atoms with E-state index in [1.54, 1.807) is 0 Å². The van der Waals surface area contributed by atoms with Crippen LogP contribution in [0.5, 0.6) is 0 Å². The van der Waals surface area contributed by atoms with Crippen LogP contribution in [0.25, 0.3) is 0 Å². The van der Waals surface area contributed by atoms with Crippen molar-refractivity contribution in [3.05, 3.63) is 0 Å². The van der Waals surface area contributed by atoms with Gasteiger partial charge in [-0.05, 0) is 30.9 Å². The summed E-state index contributed by atoms with van der Waals surface area (Å²) in [6, 6.07) is -0.494. The number of nitrogens with two attached hydrogens (primary N) is 1. The van der Waals surface area contributed by atoms with E-state index < -0.39 is 6.04 Å². The second-order valence-electron chi connectivity index (χ2n) is 4.25. The van der Waals surface area contributed by atoms with Gasteiger partial charge in [0.05, 0.1) is 6.61 Å². The molecular formula is C11H21NO2S. The van der Waals surface area contributed by atoms with Gasteiger partial charge >= 0.3 is 5.97 Å². The Morgan fingerprint density at radius 1 is 1.40 bits per heavy atom. The molecule has 0 spiro atoms. The first-order valence-corrected chi connectivity index (χ1v) is 6.40. The first kappa shape index (κ1) is 12.8. The monoisotopic (exact) mass is 231 g/mol. The highest BCUT2D eigenvalue weighted by molar-refractivity contribution is 7.80. The molecule has 1 saturated carbocycles. The smallest absolute Gasteiger partial charge is 0.322 e. The molecule has 0 radical (unpaired) electrons. The van der Waals surface area contributed by atoms with E-state index in [0.717, 1.165) is 0 Å². The second kappa shape index (κ2) is 7.12. The first-order valence-electron chi connectivity index (χ1n) is 5.77. The first-order chi connectivity index (χ1) is 7.24. The van der Waals surface area contributed by atoms with Gasteiger partial charge in [-0.3, -0.25) is 4.79 Å². The zero-order valence-electron chi connectivity index (χ0n) is 9.15. The average molecular weight is 231 g/mol. The molecule has 15 heavy (non-hydrogen) atoms. The molecule has 2 N–H and O–H groups in total. The van der Waals surface area contributed by atoms with Crippen molar-refractivity contribution in [2.75, 3.05) is 12.4 Å². The van der Waals surface area contributed by atoms with E-state index >= 15 is 0 Å². The standard InChI is InChI=1S/C11H21NO2S/c12-10(6-7-15)11(13)14-8-9-4-2-1-3-5-9/h9-10,15H,1-8,12H2. The Bertz CT molecular complexity index is 193. The molecule has 3 nitrogen and oxygen atoms in total. The fourth-order valence-corrected chi connectivity index (χ4v) is 2.20. The predicted octanol–water partition coefficient (Wildman–Crippen LogP) is 1.76. The molecule has 1 fully saturated rings. The fraction of sp³-hybridized carbons (Fsp3) is 0.909. The van der Waals surface area contributed by atoms with Crippen LogP contribution in [0.4, 0.5) is 0 Å². The Balaban J connectivity index is 2.14. The zero-order chi connectivity index (χ0) is 11.1. The van der Waals surface area contributed by atoms with Crippen LogP contribution in [0.2, 0.25) is 0 Å². The molecule has 1 atom stereocenters. The van der Waals surface area contributed by atoms with Gasteiger partial charge < -0.3 is 10.5 Å². The summed E-state index contributed by atoms with van der Waals surface area (Å²) in [6.45, 7) is 0.555. The largest absolute Gasteiger partial charge is 0.464 e. The number of esters is 1. The van der Waals surface area contributed by atoms with Crippen LogP contribution >= 0.6 is 12.6 Å². The third-order valence-corrected chi connectivity index (χ3v) is 3.19. The minimum absolute atomic E-state index is 0.269. The molecule has 0 aromatic rings. The van der Waals surface area contributed by atoms with E-state index in [-0.39, 0.29) is 5.97 Å². The van der Waals surface area contributed by atoms with Crippen molar-refractivity contribution in [2.24, 2.45) is 11.7 Å². The van der Waals surface area contributed by atoms with Crippen molar-refractivity contribution < 1.29 is 9.53 Å². The molecule has 88 valence electrons. The normalized spacial score (nSPS) is 19.9. The van der Waals surface area contributed by atoms with E-state index in [1.165, 1.54) is 32.1 Å². The summed E-state index contributed by atoms with van der Waals surface area (Å²) >= 11 is 4.04. The second-order valence-corrected chi connectivity index (χ2v) is 4.70. The lowest BCUT2D eigenvalue weighted by Crippen LogP contribution is -2.34. The summed E-state index contributed by atoms with van der Waals surface area (Å²) in [4.78, 5) is 11.4. The SMILES string of the molecule is NC(CCS)C(=O)OCC1CCCCC1. The maximum Gasteiger partial charge on any atom is 0.322 e. The minimum Gasteiger partial charge on any atom is -0.464 e. The fourth-order valence-electron chi connectivity index (χ4n) is 1.92. The lowest BCUT2D eigenvalue weighted by Gasteiger charge is -2.21. The summed E-state index contributed by atoms with van der Waals surface area (Å²) in [5.41, 5.74) is 5.62. The van der Waals surface area contributed by atoms with Gasteiger partial charge in [-0.1, -0.05) is 19.3 Å². The zero-order valence-corrected chi connectivity index (χ0v) is 10.0. The van der Waals surface area contributed by atoms with Gasteiger partial charge in [0.2, 0.25) is 0 Å². The molecule has 1 aliphatic carbocycles. The van der Waals surface area contributed by atoms with Crippen molar-refractivity contribution >= 4 is 18.6 Å². The van der Waals surface area contributed by atoms with Crippen molar-refractivity contribution in [3.8, 4) is 0 Å². The Morgan fingerprint density at radius 3 is 2.67 bits per heavy atom. The van der Waals surface area contributed by atoms with Gasteiger partial charge in [-0.25, -0.2) is 0 Å². The highest BCUT2D eigenvalue weighted by atomic mass is 32.1. The van der Waals surface area contributed by atoms with E-state index in [0.29, 0.717) is 24.7 Å². The van der Waals surface area contributed by atoms with Gasteiger partial charge in [0.15, 0.2) is 0 Å². The highest BCUT2D eigenvalue weighted by Gasteiger charge is 2.18. The Kier molecular flexibility index (Phi) is 6.10. The Morgan fingerprint density at radius 2 is 2.07 bits per heavy atom. The minimum atomic E-state index is -0.494. The summed E-state index contributed by atoms with van der Waals surface area (Å²) < 4.78 is 5.20. The maximum atomic E-state index is 11.4. The molecular weight excluding hydrogens is 210 g/mol. The number of carbonyl (C=O) groups is 1. The topological polar surface area (TPSA) is 52.3 Å². The van der Waals surface area contributed by atoms with Crippen LogP contribution in [0.1, 0.15) is 38.5 Å². The van der Waals surface area contributed by atoms with Gasteiger partial charge in [0.1, 0.15) is 6.04 Å². The summed E-state index contributed by atoms with van der Waals surface area (Å²) in [7, 11) is 0. The van der Waals surface area contributed by atoms with Gasteiger partial charge in [0, 0.05) is 0 Å². The van der Waals surface area contributed by atoms with Gasteiger partial charge in [-0.15, -0.1) is 0 Å². The van der Waals surface area contributed by atoms with E-state index in [2.05, 4.69) is 12.6 Å². The number of thiol groups is 1. The van der Waals surface area contributed by atoms with Crippen LogP contribution in [0.3, 0.4) is 0 Å². The van der Waals surface area contributed by atoms with Crippen molar-refractivity contribution in [1.82, 2.24) is 0 Å². The number of ether oxygens (including phenoxy) is 1. The highest BCUT2D eigenvalue weighted by Crippen LogP contribution is 2.23. The number of hydrogen-bond acceptors (Lipinski definition) is 4. The number of carbonyl (C=O) groups excluding carboxylic acids is 1. The molecule has 0 saturated heterocycles. The number of hydrogen-bond donors (Lipinski definition) is 2. The van der Waals surface area contributed by atoms with Crippen molar-refractivity contribution in [2.45, 2.75) is 44.6 Å². The lowest BCUT2D eigenvalue weighted by molar-refractivity contribution is -0.146. The van der Waals surface area contributed by atoms with Crippen molar-refractivity contribution in [3.63, 3.8) is 0 Å². The molecule has 0 aliphatic heterocycles. The summed E-state index contributed by atoms with van der Waals surface area (Å²) in [6.07, 6.45) is 6.83. The Hall–Kier alpha value is -0.220. The van der Waals surface area contributed by atoms with Crippen LogP contribution in [0, 0.1) is 5.92 Å². The summed E-state index contributed by atoms with van der Waals surface area (Å²) in [5, 5.41) is 0. The quantitative estimate of drug-likeness (QED) is 0.560. The van der Waals surface area contributed by atoms with E-state index in [1.807, 2.05) is 0 Å². The van der Waals surface area contributed by atoms with Gasteiger partial charge in [-0.2, -0.15) is 12.6 Å². The molecule has 4 heteroatoms. The third-order valence-electron chi connectivity index (χ3n) is 2.93. The maximum absolute atomic E-state index is 11.4. The molecule has 0 aromatic carbocycles. The molecule has 0 amide bonds. The molecule has 1 rings (SSSR count). The van der Waals surface area contributed by atoms with Crippen molar-refractivity contribution in [1.29, 1.82) is 0 Å². The molecule has 0 aromatic heterocycles. The molecule has 0 heterocycles. The molecule has 0 bridgehead atoms. The number of rotatable bonds is 5. The third kappa shape index (κ3) is 4.89. The van der Waals surface area contributed by atoms with E-state index in [9.17, 15) is 4.79 Å². The lowest BCUT2D eigenvalue weighted by atomic mass is 9.90. The van der Waals surface area contributed by atoms with Crippen LogP contribution in [0.15, 0.2) is 0 Å². The Labute approximate surface area is 97.2 Å². The average Bonchev–Trinajstić information content (AvgIpc) is 2.27. The summed E-state index contributed by atoms with van der Waals surface area (Å²) in [5.74, 6) is 0.917. The van der Waals surface area contributed by atoms with Crippen LogP contribution in [-0.2, 0) is 9.53 Å². The molecule has 1 unspecified atom stereocenters. The van der Waals surface area contributed by atoms with Crippen LogP contribution < -0.4 is 5.73 Å².